The third kappa shape index (κ3) is 5.28. The van der Waals surface area contributed by atoms with Crippen LogP contribution in [-0.2, 0) is 9.47 Å². The number of ether oxygens (including phenoxy) is 2. The van der Waals surface area contributed by atoms with Crippen molar-refractivity contribution in [2.75, 3.05) is 20.5 Å². The first-order chi connectivity index (χ1) is 4.31. The topological polar surface area (TPSA) is 42.2 Å². The molecule has 0 fully saturated rings. The molecule has 0 N–H and O–H groups in total. The maximum atomic E-state index is 8.26. The number of nitriles is 1. The monoisotopic (exact) mass is 129 g/mol. The van der Waals surface area contributed by atoms with Crippen molar-refractivity contribution in [3.05, 3.63) is 0 Å². The summed E-state index contributed by atoms with van der Waals surface area (Å²) in [6.07, 6.45) is 0. The largest absolute Gasteiger partial charge is 0.359 e. The highest BCUT2D eigenvalue weighted by atomic mass is 16.7. The van der Waals surface area contributed by atoms with Gasteiger partial charge < -0.3 is 9.47 Å². The molecule has 0 saturated heterocycles. The number of hydrogen-bond donors (Lipinski definition) is 0. The van der Waals surface area contributed by atoms with Crippen LogP contribution in [0.2, 0.25) is 0 Å². The molecule has 3 nitrogen and oxygen atoms in total. The SMILES string of the molecule is COCOCC(C)C#N. The zero-order valence-corrected chi connectivity index (χ0v) is 5.76. The molecule has 0 aliphatic heterocycles. The molecule has 0 spiro atoms. The molecule has 52 valence electrons. The number of rotatable bonds is 4. The first kappa shape index (κ1) is 8.41. The van der Waals surface area contributed by atoms with E-state index in [-0.39, 0.29) is 12.7 Å². The summed E-state index contributed by atoms with van der Waals surface area (Å²) in [4.78, 5) is 0. The second kappa shape index (κ2) is 5.54. The van der Waals surface area contributed by atoms with Crippen molar-refractivity contribution >= 4 is 0 Å². The molecule has 0 radical (unpaired) electrons. The average molecular weight is 129 g/mol. The summed E-state index contributed by atoms with van der Waals surface area (Å²) >= 11 is 0. The van der Waals surface area contributed by atoms with Gasteiger partial charge in [0.2, 0.25) is 0 Å². The number of hydrogen-bond acceptors (Lipinski definition) is 3. The zero-order valence-electron chi connectivity index (χ0n) is 5.76. The van der Waals surface area contributed by atoms with Crippen LogP contribution >= 0.6 is 0 Å². The van der Waals surface area contributed by atoms with Crippen molar-refractivity contribution in [2.24, 2.45) is 5.92 Å². The van der Waals surface area contributed by atoms with Crippen molar-refractivity contribution in [2.45, 2.75) is 6.92 Å². The van der Waals surface area contributed by atoms with Crippen LogP contribution in [0.25, 0.3) is 0 Å². The highest BCUT2D eigenvalue weighted by Crippen LogP contribution is 1.91. The minimum atomic E-state index is -0.0415. The standard InChI is InChI=1S/C6H11NO2/c1-6(3-7)4-9-5-8-2/h6H,4-5H2,1-2H3. The summed E-state index contributed by atoms with van der Waals surface area (Å²) in [5, 5.41) is 8.26. The third-order valence-electron chi connectivity index (χ3n) is 0.789. The highest BCUT2D eigenvalue weighted by Gasteiger charge is 1.96. The van der Waals surface area contributed by atoms with Gasteiger partial charge in [0.1, 0.15) is 6.79 Å². The molecule has 0 rings (SSSR count). The minimum Gasteiger partial charge on any atom is -0.359 e. The Labute approximate surface area is 55.2 Å². The number of methoxy groups -OCH3 is 1. The molecule has 1 unspecified atom stereocenters. The molecule has 0 aromatic heterocycles. The average Bonchev–Trinajstić information content (AvgIpc) is 1.89. The van der Waals surface area contributed by atoms with Gasteiger partial charge >= 0.3 is 0 Å². The molecule has 0 heterocycles. The molecule has 1 atom stereocenters. The lowest BCUT2D eigenvalue weighted by Gasteiger charge is -2.01. The van der Waals surface area contributed by atoms with Gasteiger partial charge in [-0.1, -0.05) is 0 Å². The van der Waals surface area contributed by atoms with Gasteiger partial charge in [-0.15, -0.1) is 0 Å². The summed E-state index contributed by atoms with van der Waals surface area (Å²) < 4.78 is 9.50. The second-order valence-electron chi connectivity index (χ2n) is 1.81. The van der Waals surface area contributed by atoms with E-state index in [1.54, 1.807) is 14.0 Å². The molecule has 0 aromatic carbocycles. The molecule has 9 heavy (non-hydrogen) atoms. The predicted molar refractivity (Wildman–Crippen MR) is 32.6 cm³/mol. The smallest absolute Gasteiger partial charge is 0.146 e. The normalized spacial score (nSPS) is 12.6. The first-order valence-electron chi connectivity index (χ1n) is 2.77. The van der Waals surface area contributed by atoms with Crippen LogP contribution in [0.1, 0.15) is 6.92 Å². The lowest BCUT2D eigenvalue weighted by atomic mass is 10.2. The van der Waals surface area contributed by atoms with E-state index in [4.69, 9.17) is 10.00 Å². The lowest BCUT2D eigenvalue weighted by Crippen LogP contribution is -2.05. The molecular formula is C6H11NO2. The van der Waals surface area contributed by atoms with Gasteiger partial charge in [-0.2, -0.15) is 5.26 Å². The van der Waals surface area contributed by atoms with Crippen molar-refractivity contribution in [3.8, 4) is 6.07 Å². The molecule has 0 aromatic rings. The van der Waals surface area contributed by atoms with E-state index in [0.717, 1.165) is 0 Å². The van der Waals surface area contributed by atoms with E-state index in [0.29, 0.717) is 6.61 Å². The van der Waals surface area contributed by atoms with Crippen LogP contribution in [0, 0.1) is 17.2 Å². The van der Waals surface area contributed by atoms with Crippen LogP contribution in [-0.4, -0.2) is 20.5 Å². The van der Waals surface area contributed by atoms with Gasteiger partial charge in [-0.05, 0) is 6.92 Å². The van der Waals surface area contributed by atoms with E-state index in [9.17, 15) is 0 Å². The van der Waals surface area contributed by atoms with Crippen LogP contribution in [0.5, 0.6) is 0 Å². The van der Waals surface area contributed by atoms with Gasteiger partial charge in [0, 0.05) is 7.11 Å². The summed E-state index contributed by atoms with van der Waals surface area (Å²) in [5.74, 6) is -0.0415. The van der Waals surface area contributed by atoms with Crippen molar-refractivity contribution in [3.63, 3.8) is 0 Å². The van der Waals surface area contributed by atoms with E-state index in [2.05, 4.69) is 4.74 Å². The predicted octanol–water partition coefficient (Wildman–Crippen LogP) is 0.767. The molecule has 0 amide bonds. The summed E-state index contributed by atoms with van der Waals surface area (Å²) in [6, 6.07) is 2.04. The van der Waals surface area contributed by atoms with E-state index < -0.39 is 0 Å². The maximum Gasteiger partial charge on any atom is 0.146 e. The van der Waals surface area contributed by atoms with Crippen molar-refractivity contribution in [1.82, 2.24) is 0 Å². The Balaban J connectivity index is 2.99. The van der Waals surface area contributed by atoms with E-state index in [1.807, 2.05) is 6.07 Å². The molecule has 0 bridgehead atoms. The van der Waals surface area contributed by atoms with Crippen LogP contribution in [0.4, 0.5) is 0 Å². The second-order valence-corrected chi connectivity index (χ2v) is 1.81. The van der Waals surface area contributed by atoms with E-state index >= 15 is 0 Å². The van der Waals surface area contributed by atoms with Crippen LogP contribution in [0.3, 0.4) is 0 Å². The minimum absolute atomic E-state index is 0.0415. The Bertz CT molecular complexity index is 97.7. The lowest BCUT2D eigenvalue weighted by molar-refractivity contribution is -0.0364. The molecular weight excluding hydrogens is 118 g/mol. The fraction of sp³-hybridized carbons (Fsp3) is 0.833. The van der Waals surface area contributed by atoms with Crippen molar-refractivity contribution in [1.29, 1.82) is 5.26 Å². The van der Waals surface area contributed by atoms with Crippen molar-refractivity contribution < 1.29 is 9.47 Å². The number of nitrogens with zero attached hydrogens (tertiary/aromatic N) is 1. The van der Waals surface area contributed by atoms with Gasteiger partial charge in [-0.3, -0.25) is 0 Å². The summed E-state index contributed by atoms with van der Waals surface area (Å²) in [7, 11) is 1.55. The van der Waals surface area contributed by atoms with Crippen LogP contribution < -0.4 is 0 Å². The maximum absolute atomic E-state index is 8.26. The Morgan fingerprint density at radius 2 is 2.33 bits per heavy atom. The highest BCUT2D eigenvalue weighted by molar-refractivity contribution is 4.77. The van der Waals surface area contributed by atoms with Gasteiger partial charge in [0.15, 0.2) is 0 Å². The first-order valence-corrected chi connectivity index (χ1v) is 2.77. The zero-order chi connectivity index (χ0) is 7.11. The van der Waals surface area contributed by atoms with E-state index in [1.165, 1.54) is 0 Å². The Kier molecular flexibility index (Phi) is 5.18. The fourth-order valence-electron chi connectivity index (χ4n) is 0.345. The van der Waals surface area contributed by atoms with Gasteiger partial charge in [0.25, 0.3) is 0 Å². The van der Waals surface area contributed by atoms with Gasteiger partial charge in [0.05, 0.1) is 18.6 Å². The van der Waals surface area contributed by atoms with Crippen LogP contribution in [0.15, 0.2) is 0 Å². The Morgan fingerprint density at radius 3 is 2.78 bits per heavy atom. The third-order valence-corrected chi connectivity index (χ3v) is 0.789. The Hall–Kier alpha value is -0.590. The summed E-state index contributed by atoms with van der Waals surface area (Å²) in [5.41, 5.74) is 0. The molecule has 0 aliphatic carbocycles. The van der Waals surface area contributed by atoms with Gasteiger partial charge in [-0.25, -0.2) is 0 Å². The molecule has 0 saturated carbocycles. The Morgan fingerprint density at radius 1 is 1.67 bits per heavy atom. The molecule has 3 heteroatoms. The quantitative estimate of drug-likeness (QED) is 0.416. The molecule has 0 aliphatic rings. The fourth-order valence-corrected chi connectivity index (χ4v) is 0.345. The summed E-state index contributed by atoms with van der Waals surface area (Å²) in [6.45, 7) is 2.52.